The Morgan fingerprint density at radius 3 is 3.00 bits per heavy atom. The molecule has 1 N–H and O–H groups in total. The zero-order valence-corrected chi connectivity index (χ0v) is 15.5. The van der Waals surface area contributed by atoms with Gasteiger partial charge in [0.25, 0.3) is 5.91 Å². The Morgan fingerprint density at radius 1 is 1.38 bits per heavy atom. The maximum atomic E-state index is 12.3. The van der Waals surface area contributed by atoms with Gasteiger partial charge in [0.05, 0.1) is 5.69 Å². The molecule has 1 atom stereocenters. The maximum Gasteiger partial charge on any atom is 0.253 e. The number of ether oxygens (including phenoxy) is 1. The van der Waals surface area contributed by atoms with Crippen molar-refractivity contribution in [2.45, 2.75) is 45.4 Å². The van der Waals surface area contributed by atoms with Crippen LogP contribution in [0.3, 0.4) is 0 Å². The third-order valence-corrected chi connectivity index (χ3v) is 5.30. The van der Waals surface area contributed by atoms with E-state index in [1.54, 1.807) is 0 Å². The first-order valence-electron chi connectivity index (χ1n) is 9.34. The number of hydrogen-bond donors (Lipinski definition) is 1. The van der Waals surface area contributed by atoms with Crippen LogP contribution >= 0.6 is 0 Å². The van der Waals surface area contributed by atoms with E-state index >= 15 is 0 Å². The highest BCUT2D eigenvalue weighted by Crippen LogP contribution is 2.25. The average molecular weight is 354 g/mol. The molecule has 1 saturated heterocycles. The van der Waals surface area contributed by atoms with Crippen LogP contribution in [0.25, 0.3) is 0 Å². The summed E-state index contributed by atoms with van der Waals surface area (Å²) in [4.78, 5) is 14.7. The number of carbonyl (C=O) groups excluding carboxylic acids is 1. The molecule has 1 unspecified atom stereocenters. The van der Waals surface area contributed by atoms with Crippen LogP contribution in [0.15, 0.2) is 24.4 Å². The lowest BCUT2D eigenvalue weighted by Crippen LogP contribution is -2.30. The number of amides is 1. The molecule has 2 aliphatic heterocycles. The molecule has 2 aliphatic rings. The zero-order valence-electron chi connectivity index (χ0n) is 15.5. The number of benzene rings is 1. The Bertz CT molecular complexity index is 808. The van der Waals surface area contributed by atoms with E-state index in [1.807, 2.05) is 17.8 Å². The van der Waals surface area contributed by atoms with Gasteiger partial charge in [0.2, 0.25) is 0 Å². The fraction of sp³-hybridized carbons (Fsp3) is 0.500. The standard InChI is InChI=1S/C20H26N4O2/c1-14-17(11-23(2)22-14)13-24-8-7-15-5-6-18(10-16(15)12-24)21-20(25)19-4-3-9-26-19/h5-6,10-11,19H,3-4,7-9,12-13H2,1-2H3,(H,21,25). The van der Waals surface area contributed by atoms with Gasteiger partial charge in [0.1, 0.15) is 6.10 Å². The lowest BCUT2D eigenvalue weighted by molar-refractivity contribution is -0.124. The van der Waals surface area contributed by atoms with E-state index < -0.39 is 0 Å². The lowest BCUT2D eigenvalue weighted by Gasteiger charge is -2.29. The van der Waals surface area contributed by atoms with Crippen LogP contribution < -0.4 is 5.32 Å². The number of nitrogens with zero attached hydrogens (tertiary/aromatic N) is 3. The molecule has 1 aromatic carbocycles. The fourth-order valence-electron chi connectivity index (χ4n) is 3.88. The molecule has 1 fully saturated rings. The molecule has 2 aromatic rings. The fourth-order valence-corrected chi connectivity index (χ4v) is 3.88. The van der Waals surface area contributed by atoms with Crippen molar-refractivity contribution >= 4 is 11.6 Å². The van der Waals surface area contributed by atoms with E-state index in [2.05, 4.69) is 40.6 Å². The van der Waals surface area contributed by atoms with E-state index in [9.17, 15) is 4.79 Å². The van der Waals surface area contributed by atoms with Gasteiger partial charge < -0.3 is 10.1 Å². The molecule has 4 rings (SSSR count). The number of carbonyl (C=O) groups is 1. The number of nitrogens with one attached hydrogen (secondary N) is 1. The first kappa shape index (κ1) is 17.2. The van der Waals surface area contributed by atoms with Crippen LogP contribution in [0.2, 0.25) is 0 Å². The molecule has 26 heavy (non-hydrogen) atoms. The van der Waals surface area contributed by atoms with Crippen molar-refractivity contribution in [3.05, 3.63) is 46.8 Å². The van der Waals surface area contributed by atoms with Gasteiger partial charge in [0.15, 0.2) is 0 Å². The summed E-state index contributed by atoms with van der Waals surface area (Å²) in [5.41, 5.74) is 5.90. The van der Waals surface area contributed by atoms with Crippen molar-refractivity contribution in [3.63, 3.8) is 0 Å². The van der Waals surface area contributed by atoms with Gasteiger partial charge in [-0.3, -0.25) is 14.4 Å². The van der Waals surface area contributed by atoms with Gasteiger partial charge in [-0.05, 0) is 49.4 Å². The van der Waals surface area contributed by atoms with Crippen LogP contribution in [0, 0.1) is 6.92 Å². The summed E-state index contributed by atoms with van der Waals surface area (Å²) < 4.78 is 7.34. The molecule has 0 radical (unpaired) electrons. The van der Waals surface area contributed by atoms with E-state index in [-0.39, 0.29) is 12.0 Å². The minimum atomic E-state index is -0.295. The van der Waals surface area contributed by atoms with E-state index in [4.69, 9.17) is 4.74 Å². The van der Waals surface area contributed by atoms with E-state index in [0.717, 1.165) is 50.3 Å². The highest BCUT2D eigenvalue weighted by atomic mass is 16.5. The molecular weight excluding hydrogens is 328 g/mol. The number of anilines is 1. The zero-order chi connectivity index (χ0) is 18.1. The largest absolute Gasteiger partial charge is 0.368 e. The molecule has 6 heteroatoms. The molecule has 1 amide bonds. The second kappa shape index (κ2) is 7.21. The summed E-state index contributed by atoms with van der Waals surface area (Å²) in [5.74, 6) is -0.0268. The Kier molecular flexibility index (Phi) is 4.78. The Labute approximate surface area is 154 Å². The summed E-state index contributed by atoms with van der Waals surface area (Å²) in [7, 11) is 1.96. The molecule has 3 heterocycles. The van der Waals surface area contributed by atoms with E-state index in [1.165, 1.54) is 16.7 Å². The highest BCUT2D eigenvalue weighted by Gasteiger charge is 2.24. The van der Waals surface area contributed by atoms with Crippen molar-refractivity contribution in [3.8, 4) is 0 Å². The summed E-state index contributed by atoms with van der Waals surface area (Å²) in [6, 6.07) is 6.27. The normalized spacial score (nSPS) is 20.2. The molecule has 0 spiro atoms. The minimum absolute atomic E-state index is 0.0268. The van der Waals surface area contributed by atoms with Gasteiger partial charge in [-0.15, -0.1) is 0 Å². The van der Waals surface area contributed by atoms with Gasteiger partial charge in [-0.2, -0.15) is 5.10 Å². The predicted molar refractivity (Wildman–Crippen MR) is 99.8 cm³/mol. The van der Waals surface area contributed by atoms with Crippen LogP contribution in [0.5, 0.6) is 0 Å². The van der Waals surface area contributed by atoms with E-state index in [0.29, 0.717) is 6.61 Å². The Hall–Kier alpha value is -2.18. The molecule has 138 valence electrons. The van der Waals surface area contributed by atoms with Gasteiger partial charge >= 0.3 is 0 Å². The smallest absolute Gasteiger partial charge is 0.253 e. The molecule has 0 saturated carbocycles. The quantitative estimate of drug-likeness (QED) is 0.916. The Morgan fingerprint density at radius 2 is 2.27 bits per heavy atom. The SMILES string of the molecule is Cc1nn(C)cc1CN1CCc2ccc(NC(=O)C3CCCO3)cc2C1. The topological polar surface area (TPSA) is 59.4 Å². The number of aromatic nitrogens is 2. The summed E-state index contributed by atoms with van der Waals surface area (Å²) >= 11 is 0. The van der Waals surface area contributed by atoms with Crippen LogP contribution in [-0.4, -0.2) is 39.8 Å². The highest BCUT2D eigenvalue weighted by molar-refractivity contribution is 5.94. The first-order valence-corrected chi connectivity index (χ1v) is 9.34. The van der Waals surface area contributed by atoms with Crippen molar-refractivity contribution in [1.82, 2.24) is 14.7 Å². The number of rotatable bonds is 4. The third kappa shape index (κ3) is 3.66. The predicted octanol–water partition coefficient (Wildman–Crippen LogP) is 2.40. The lowest BCUT2D eigenvalue weighted by atomic mass is 9.98. The molecule has 1 aromatic heterocycles. The monoisotopic (exact) mass is 354 g/mol. The number of hydrogen-bond acceptors (Lipinski definition) is 4. The molecule has 6 nitrogen and oxygen atoms in total. The second-order valence-corrected chi connectivity index (χ2v) is 7.35. The van der Waals surface area contributed by atoms with Gasteiger partial charge in [-0.25, -0.2) is 0 Å². The maximum absolute atomic E-state index is 12.3. The first-order chi connectivity index (χ1) is 12.6. The minimum Gasteiger partial charge on any atom is -0.368 e. The molecule has 0 aliphatic carbocycles. The van der Waals surface area contributed by atoms with Crippen LogP contribution in [0.4, 0.5) is 5.69 Å². The van der Waals surface area contributed by atoms with Crippen molar-refractivity contribution in [2.24, 2.45) is 7.05 Å². The average Bonchev–Trinajstić information content (AvgIpc) is 3.25. The molecular formula is C20H26N4O2. The van der Waals surface area contributed by atoms with Gasteiger partial charge in [-0.1, -0.05) is 6.07 Å². The molecule has 0 bridgehead atoms. The van der Waals surface area contributed by atoms with Crippen LogP contribution in [0.1, 0.15) is 35.2 Å². The van der Waals surface area contributed by atoms with Crippen molar-refractivity contribution < 1.29 is 9.53 Å². The number of aryl methyl sites for hydroxylation is 2. The second-order valence-electron chi connectivity index (χ2n) is 7.35. The van der Waals surface area contributed by atoms with Crippen molar-refractivity contribution in [2.75, 3.05) is 18.5 Å². The third-order valence-electron chi connectivity index (χ3n) is 5.30. The number of fused-ring (bicyclic) bond motifs is 1. The Balaban J connectivity index is 1.44. The van der Waals surface area contributed by atoms with Crippen molar-refractivity contribution in [1.29, 1.82) is 0 Å². The summed E-state index contributed by atoms with van der Waals surface area (Å²) in [5, 5.41) is 7.45. The van der Waals surface area contributed by atoms with Crippen LogP contribution in [-0.2, 0) is 36.1 Å². The van der Waals surface area contributed by atoms with Gasteiger partial charge in [0, 0.05) is 50.7 Å². The summed E-state index contributed by atoms with van der Waals surface area (Å²) in [6.07, 6.45) is 4.62. The summed E-state index contributed by atoms with van der Waals surface area (Å²) in [6.45, 7) is 5.60.